The second-order valence-electron chi connectivity index (χ2n) is 6.63. The number of carboxylic acids is 1. The van der Waals surface area contributed by atoms with Crippen molar-refractivity contribution in [3.05, 3.63) is 41.9 Å². The number of carboxylic acid groups (broad SMARTS) is 1. The summed E-state index contributed by atoms with van der Waals surface area (Å²) < 4.78 is 5.90. The maximum absolute atomic E-state index is 11.7. The van der Waals surface area contributed by atoms with Crippen LogP contribution in [-0.2, 0) is 11.3 Å². The standard InChI is InChI=1S/C18H20N2O3/c1-12-5-2-3-7-14(12)15-10-19-16(23-15)11-20-8-4-6-13-9-18(13,20)17(21)22/h2-3,5,7,10,13H,4,6,8-9,11H2,1H3,(H,21,22)/t13-,18+/m1/s1. The number of aryl methyl sites for hydroxylation is 1. The van der Waals surface area contributed by atoms with Gasteiger partial charge in [-0.2, -0.15) is 0 Å². The van der Waals surface area contributed by atoms with Crippen molar-refractivity contribution in [1.82, 2.24) is 9.88 Å². The van der Waals surface area contributed by atoms with E-state index in [1.807, 2.05) is 36.1 Å². The van der Waals surface area contributed by atoms with Crippen LogP contribution in [0.15, 0.2) is 34.9 Å². The van der Waals surface area contributed by atoms with E-state index in [1.165, 1.54) is 0 Å². The second kappa shape index (κ2) is 5.20. The van der Waals surface area contributed by atoms with Gasteiger partial charge in [-0.1, -0.05) is 24.3 Å². The Morgan fingerprint density at radius 2 is 2.30 bits per heavy atom. The minimum Gasteiger partial charge on any atom is -0.480 e. The molecule has 1 N–H and O–H groups in total. The number of likely N-dealkylation sites (tertiary alicyclic amines) is 1. The van der Waals surface area contributed by atoms with Crippen molar-refractivity contribution in [3.63, 3.8) is 0 Å². The number of hydrogen-bond acceptors (Lipinski definition) is 4. The van der Waals surface area contributed by atoms with Gasteiger partial charge in [-0.3, -0.25) is 9.69 Å². The average Bonchev–Trinajstić information content (AvgIpc) is 3.14. The predicted octanol–water partition coefficient (Wildman–Crippen LogP) is 3.09. The Bertz CT molecular complexity index is 754. The highest BCUT2D eigenvalue weighted by Gasteiger charge is 2.65. The predicted molar refractivity (Wildman–Crippen MR) is 84.8 cm³/mol. The Morgan fingerprint density at radius 3 is 3.09 bits per heavy atom. The van der Waals surface area contributed by atoms with Crippen molar-refractivity contribution in [2.45, 2.75) is 38.3 Å². The van der Waals surface area contributed by atoms with Crippen LogP contribution >= 0.6 is 0 Å². The summed E-state index contributed by atoms with van der Waals surface area (Å²) >= 11 is 0. The number of aromatic nitrogens is 1. The minimum atomic E-state index is -0.701. The number of nitrogens with zero attached hydrogens (tertiary/aromatic N) is 2. The summed E-state index contributed by atoms with van der Waals surface area (Å²) in [7, 11) is 0. The Kier molecular flexibility index (Phi) is 3.27. The summed E-state index contributed by atoms with van der Waals surface area (Å²) in [6.45, 7) is 3.30. The molecule has 2 atom stereocenters. The second-order valence-corrected chi connectivity index (χ2v) is 6.63. The summed E-state index contributed by atoms with van der Waals surface area (Å²) in [5.74, 6) is 0.927. The molecular weight excluding hydrogens is 292 g/mol. The lowest BCUT2D eigenvalue weighted by Gasteiger charge is -2.32. The van der Waals surface area contributed by atoms with Gasteiger partial charge in [0, 0.05) is 5.56 Å². The lowest BCUT2D eigenvalue weighted by atomic mass is 10.0. The van der Waals surface area contributed by atoms with Crippen LogP contribution < -0.4 is 0 Å². The Labute approximate surface area is 134 Å². The van der Waals surface area contributed by atoms with Crippen LogP contribution in [0, 0.1) is 12.8 Å². The maximum atomic E-state index is 11.7. The average molecular weight is 312 g/mol. The zero-order valence-electron chi connectivity index (χ0n) is 13.2. The van der Waals surface area contributed by atoms with Gasteiger partial charge in [0.1, 0.15) is 5.54 Å². The molecule has 2 heterocycles. The maximum Gasteiger partial charge on any atom is 0.324 e. The smallest absolute Gasteiger partial charge is 0.324 e. The number of hydrogen-bond donors (Lipinski definition) is 1. The van der Waals surface area contributed by atoms with Gasteiger partial charge in [-0.25, -0.2) is 4.98 Å². The summed E-state index contributed by atoms with van der Waals surface area (Å²) in [5.41, 5.74) is 1.50. The molecule has 0 spiro atoms. The monoisotopic (exact) mass is 312 g/mol. The van der Waals surface area contributed by atoms with Gasteiger partial charge in [-0.05, 0) is 44.2 Å². The highest BCUT2D eigenvalue weighted by Crippen LogP contribution is 2.54. The van der Waals surface area contributed by atoms with E-state index in [9.17, 15) is 9.90 Å². The van der Waals surface area contributed by atoms with Crippen LogP contribution in [0.25, 0.3) is 11.3 Å². The Morgan fingerprint density at radius 1 is 1.48 bits per heavy atom. The van der Waals surface area contributed by atoms with E-state index in [0.29, 0.717) is 18.4 Å². The highest BCUT2D eigenvalue weighted by atomic mass is 16.4. The minimum absolute atomic E-state index is 0.291. The molecule has 2 fully saturated rings. The largest absolute Gasteiger partial charge is 0.480 e. The molecule has 0 radical (unpaired) electrons. The van der Waals surface area contributed by atoms with E-state index in [0.717, 1.165) is 42.7 Å². The molecule has 4 rings (SSSR count). The van der Waals surface area contributed by atoms with Gasteiger partial charge in [0.25, 0.3) is 0 Å². The third-order valence-electron chi connectivity index (χ3n) is 5.28. The van der Waals surface area contributed by atoms with Gasteiger partial charge >= 0.3 is 5.97 Å². The van der Waals surface area contributed by atoms with E-state index < -0.39 is 11.5 Å². The fourth-order valence-corrected chi connectivity index (χ4v) is 3.91. The van der Waals surface area contributed by atoms with Crippen LogP contribution in [0.5, 0.6) is 0 Å². The van der Waals surface area contributed by atoms with Crippen molar-refractivity contribution in [3.8, 4) is 11.3 Å². The Hall–Kier alpha value is -2.14. The molecule has 5 nitrogen and oxygen atoms in total. The van der Waals surface area contributed by atoms with Crippen molar-refractivity contribution in [2.24, 2.45) is 5.92 Å². The first-order valence-corrected chi connectivity index (χ1v) is 8.10. The van der Waals surface area contributed by atoms with Gasteiger partial charge < -0.3 is 9.52 Å². The van der Waals surface area contributed by atoms with E-state index in [4.69, 9.17) is 4.42 Å². The number of oxazole rings is 1. The van der Waals surface area contributed by atoms with Gasteiger partial charge in [0.05, 0.1) is 12.7 Å². The van der Waals surface area contributed by atoms with Crippen LogP contribution in [-0.4, -0.2) is 33.0 Å². The molecule has 5 heteroatoms. The molecule has 1 saturated heterocycles. The van der Waals surface area contributed by atoms with Gasteiger partial charge in [0.2, 0.25) is 5.89 Å². The zero-order chi connectivity index (χ0) is 16.0. The molecule has 1 aromatic heterocycles. The first kappa shape index (κ1) is 14.5. The third-order valence-corrected chi connectivity index (χ3v) is 5.28. The molecule has 1 aromatic carbocycles. The van der Waals surface area contributed by atoms with Crippen LogP contribution in [0.1, 0.15) is 30.7 Å². The first-order chi connectivity index (χ1) is 11.1. The molecule has 120 valence electrons. The quantitative estimate of drug-likeness (QED) is 0.939. The fourth-order valence-electron chi connectivity index (χ4n) is 3.91. The molecule has 1 aliphatic heterocycles. The number of rotatable bonds is 4. The van der Waals surface area contributed by atoms with Crippen molar-refractivity contribution < 1.29 is 14.3 Å². The van der Waals surface area contributed by atoms with E-state index >= 15 is 0 Å². The SMILES string of the molecule is Cc1ccccc1-c1cnc(CN2CCC[C@@H]3C[C@@]32C(=O)O)o1. The summed E-state index contributed by atoms with van der Waals surface area (Å²) in [4.78, 5) is 18.1. The van der Waals surface area contributed by atoms with Crippen LogP contribution in [0.2, 0.25) is 0 Å². The van der Waals surface area contributed by atoms with Crippen LogP contribution in [0.3, 0.4) is 0 Å². The van der Waals surface area contributed by atoms with Crippen LogP contribution in [0.4, 0.5) is 0 Å². The number of benzene rings is 1. The molecular formula is C18H20N2O3. The zero-order valence-corrected chi connectivity index (χ0v) is 13.2. The lowest BCUT2D eigenvalue weighted by Crippen LogP contribution is -2.47. The lowest BCUT2D eigenvalue weighted by molar-refractivity contribution is -0.147. The molecule has 0 unspecified atom stereocenters. The summed E-state index contributed by atoms with van der Waals surface area (Å²) in [6, 6.07) is 8.02. The van der Waals surface area contributed by atoms with Crippen molar-refractivity contribution in [1.29, 1.82) is 0 Å². The molecule has 0 bridgehead atoms. The fraction of sp³-hybridized carbons (Fsp3) is 0.444. The van der Waals surface area contributed by atoms with Gasteiger partial charge in [0.15, 0.2) is 5.76 Å². The third kappa shape index (κ3) is 2.27. The summed E-state index contributed by atoms with van der Waals surface area (Å²) in [5, 5.41) is 9.61. The summed E-state index contributed by atoms with van der Waals surface area (Å²) in [6.07, 6.45) is 4.56. The topological polar surface area (TPSA) is 66.6 Å². The first-order valence-electron chi connectivity index (χ1n) is 8.10. The number of aliphatic carboxylic acids is 1. The molecule has 2 aliphatic rings. The molecule has 2 aromatic rings. The van der Waals surface area contributed by atoms with Crippen molar-refractivity contribution in [2.75, 3.05) is 6.54 Å². The Balaban J connectivity index is 1.56. The molecule has 23 heavy (non-hydrogen) atoms. The number of carbonyl (C=O) groups is 1. The van der Waals surface area contributed by atoms with E-state index in [2.05, 4.69) is 4.98 Å². The van der Waals surface area contributed by atoms with Crippen molar-refractivity contribution >= 4 is 5.97 Å². The molecule has 0 amide bonds. The van der Waals surface area contributed by atoms with E-state index in [-0.39, 0.29) is 0 Å². The number of fused-ring (bicyclic) bond motifs is 1. The normalized spacial score (nSPS) is 26.7. The molecule has 1 aliphatic carbocycles. The van der Waals surface area contributed by atoms with Gasteiger partial charge in [-0.15, -0.1) is 0 Å². The molecule has 1 saturated carbocycles. The van der Waals surface area contributed by atoms with E-state index in [1.54, 1.807) is 6.20 Å². The number of piperidine rings is 1. The highest BCUT2D eigenvalue weighted by molar-refractivity contribution is 5.83.